The molecule has 0 bridgehead atoms. The van der Waals surface area contributed by atoms with Gasteiger partial charge in [-0.2, -0.15) is 4.31 Å². The van der Waals surface area contributed by atoms with Crippen LogP contribution in [0.5, 0.6) is 0 Å². The van der Waals surface area contributed by atoms with Crippen LogP contribution in [0.1, 0.15) is 18.0 Å². The van der Waals surface area contributed by atoms with E-state index in [1.165, 1.54) is 34.6 Å². The van der Waals surface area contributed by atoms with Gasteiger partial charge < -0.3 is 10.4 Å². The van der Waals surface area contributed by atoms with E-state index in [4.69, 9.17) is 0 Å². The van der Waals surface area contributed by atoms with E-state index in [0.29, 0.717) is 17.7 Å². The van der Waals surface area contributed by atoms with E-state index in [-0.39, 0.29) is 35.8 Å². The van der Waals surface area contributed by atoms with E-state index in [1.54, 1.807) is 12.1 Å². The molecule has 0 amide bonds. The van der Waals surface area contributed by atoms with E-state index in [9.17, 15) is 22.3 Å². The highest BCUT2D eigenvalue weighted by molar-refractivity contribution is 7.89. The standard InChI is InChI=1S/C24H22F2N2O3S/c25-17-5-3-4-15(12-17)16-8-9-21-19(13-16)24-18(22(14-29)27-21)10-11-28(24)32(30,31)23-7-2-1-6-20(23)26/h1-9,12-13,18,22,24,27,29H,10-11,14H2/t18-,22+,24-/m0/s1. The van der Waals surface area contributed by atoms with Crippen LogP contribution in [0.4, 0.5) is 14.5 Å². The summed E-state index contributed by atoms with van der Waals surface area (Å²) in [5, 5.41) is 13.3. The normalized spacial score (nSPS) is 22.8. The molecule has 3 aromatic rings. The summed E-state index contributed by atoms with van der Waals surface area (Å²) in [6, 6.07) is 16.2. The van der Waals surface area contributed by atoms with E-state index >= 15 is 0 Å². The maximum Gasteiger partial charge on any atom is 0.246 e. The Balaban J connectivity index is 1.63. The predicted molar refractivity (Wildman–Crippen MR) is 117 cm³/mol. The number of nitrogens with zero attached hydrogens (tertiary/aromatic N) is 1. The molecule has 2 aliphatic heterocycles. The van der Waals surface area contributed by atoms with Gasteiger partial charge >= 0.3 is 0 Å². The van der Waals surface area contributed by atoms with E-state index in [2.05, 4.69) is 5.32 Å². The molecule has 0 aliphatic carbocycles. The molecular weight excluding hydrogens is 434 g/mol. The minimum Gasteiger partial charge on any atom is -0.394 e. The first-order valence-electron chi connectivity index (χ1n) is 10.4. The highest BCUT2D eigenvalue weighted by atomic mass is 32.2. The first-order chi connectivity index (χ1) is 15.4. The van der Waals surface area contributed by atoms with Crippen molar-refractivity contribution in [3.8, 4) is 11.1 Å². The number of aliphatic hydroxyl groups is 1. The van der Waals surface area contributed by atoms with Gasteiger partial charge in [0.15, 0.2) is 0 Å². The van der Waals surface area contributed by atoms with Crippen molar-refractivity contribution in [2.45, 2.75) is 23.4 Å². The summed E-state index contributed by atoms with van der Waals surface area (Å²) < 4.78 is 56.5. The monoisotopic (exact) mass is 456 g/mol. The predicted octanol–water partition coefficient (Wildman–Crippen LogP) is 4.17. The van der Waals surface area contributed by atoms with Gasteiger partial charge in [0, 0.05) is 18.2 Å². The highest BCUT2D eigenvalue weighted by Crippen LogP contribution is 2.49. The second-order valence-corrected chi connectivity index (χ2v) is 10.0. The number of benzene rings is 3. The summed E-state index contributed by atoms with van der Waals surface area (Å²) in [5.74, 6) is -1.34. The summed E-state index contributed by atoms with van der Waals surface area (Å²) in [4.78, 5) is -0.359. The molecule has 3 atom stereocenters. The fourth-order valence-corrected chi connectivity index (χ4v) is 6.65. The van der Waals surface area contributed by atoms with Crippen molar-refractivity contribution in [2.75, 3.05) is 18.5 Å². The number of hydrogen-bond donors (Lipinski definition) is 2. The Kier molecular flexibility index (Phi) is 5.23. The number of anilines is 1. The lowest BCUT2D eigenvalue weighted by molar-refractivity contribution is 0.210. The van der Waals surface area contributed by atoms with Gasteiger partial charge in [-0.05, 0) is 59.5 Å². The third-order valence-electron chi connectivity index (χ3n) is 6.40. The van der Waals surface area contributed by atoms with Crippen LogP contribution in [-0.4, -0.2) is 37.0 Å². The molecule has 2 heterocycles. The Bertz CT molecular complexity index is 1280. The SMILES string of the molecule is O=S(=O)(c1ccccc1F)N1CC[C@@H]2[C@H]1c1cc(-c3cccc(F)c3)ccc1N[C@@H]2CO. The van der Waals surface area contributed by atoms with Gasteiger partial charge in [0.2, 0.25) is 10.0 Å². The Morgan fingerprint density at radius 3 is 2.53 bits per heavy atom. The Morgan fingerprint density at radius 1 is 1.00 bits per heavy atom. The van der Waals surface area contributed by atoms with E-state index < -0.39 is 21.9 Å². The molecule has 0 spiro atoms. The van der Waals surface area contributed by atoms with Crippen molar-refractivity contribution in [1.29, 1.82) is 0 Å². The summed E-state index contributed by atoms with van der Waals surface area (Å²) in [6.45, 7) is 0.0631. The van der Waals surface area contributed by atoms with Crippen LogP contribution in [0.25, 0.3) is 11.1 Å². The van der Waals surface area contributed by atoms with Gasteiger partial charge in [-0.3, -0.25) is 0 Å². The Hall–Kier alpha value is -2.81. The molecular formula is C24H22F2N2O3S. The second kappa shape index (κ2) is 7.95. The Labute approximate surface area is 185 Å². The number of rotatable bonds is 4. The second-order valence-electron chi connectivity index (χ2n) is 8.19. The van der Waals surface area contributed by atoms with Gasteiger partial charge in [0.25, 0.3) is 0 Å². The van der Waals surface area contributed by atoms with Gasteiger partial charge in [-0.25, -0.2) is 17.2 Å². The molecule has 2 N–H and O–H groups in total. The lowest BCUT2D eigenvalue weighted by Gasteiger charge is -2.39. The summed E-state index contributed by atoms with van der Waals surface area (Å²) in [6.07, 6.45) is 0.528. The molecule has 0 radical (unpaired) electrons. The molecule has 0 saturated carbocycles. The zero-order valence-corrected chi connectivity index (χ0v) is 17.9. The summed E-state index contributed by atoms with van der Waals surface area (Å²) in [7, 11) is -4.11. The third-order valence-corrected chi connectivity index (χ3v) is 8.32. The topological polar surface area (TPSA) is 69.6 Å². The molecule has 1 fully saturated rings. The molecule has 1 saturated heterocycles. The summed E-state index contributed by atoms with van der Waals surface area (Å²) in [5.41, 5.74) is 2.87. The van der Waals surface area contributed by atoms with Gasteiger partial charge in [0.1, 0.15) is 16.5 Å². The molecule has 3 aromatic carbocycles. The van der Waals surface area contributed by atoms with Crippen molar-refractivity contribution in [3.63, 3.8) is 0 Å². The van der Waals surface area contributed by atoms with Crippen molar-refractivity contribution in [2.24, 2.45) is 5.92 Å². The van der Waals surface area contributed by atoms with Crippen molar-refractivity contribution < 1.29 is 22.3 Å². The number of halogens is 2. The van der Waals surface area contributed by atoms with Crippen LogP contribution in [0.15, 0.2) is 71.6 Å². The van der Waals surface area contributed by atoms with Gasteiger partial charge in [-0.1, -0.05) is 30.3 Å². The fourth-order valence-electron chi connectivity index (χ4n) is 4.92. The van der Waals surface area contributed by atoms with Gasteiger partial charge in [0.05, 0.1) is 18.7 Å². The van der Waals surface area contributed by atoms with Crippen molar-refractivity contribution in [1.82, 2.24) is 4.31 Å². The number of hydrogen-bond acceptors (Lipinski definition) is 4. The smallest absolute Gasteiger partial charge is 0.246 e. The molecule has 5 rings (SSSR count). The van der Waals surface area contributed by atoms with Crippen LogP contribution in [-0.2, 0) is 10.0 Å². The van der Waals surface area contributed by atoms with E-state index in [1.807, 2.05) is 18.2 Å². The summed E-state index contributed by atoms with van der Waals surface area (Å²) >= 11 is 0. The molecule has 0 unspecified atom stereocenters. The van der Waals surface area contributed by atoms with Crippen molar-refractivity contribution >= 4 is 15.7 Å². The van der Waals surface area contributed by atoms with Crippen LogP contribution in [0.2, 0.25) is 0 Å². The number of aliphatic hydroxyl groups excluding tert-OH is 1. The largest absolute Gasteiger partial charge is 0.394 e. The third kappa shape index (κ3) is 3.39. The number of nitrogens with one attached hydrogen (secondary N) is 1. The fraction of sp³-hybridized carbons (Fsp3) is 0.250. The average Bonchev–Trinajstić information content (AvgIpc) is 3.25. The lowest BCUT2D eigenvalue weighted by atomic mass is 9.82. The Morgan fingerprint density at radius 2 is 1.78 bits per heavy atom. The van der Waals surface area contributed by atoms with Crippen molar-refractivity contribution in [3.05, 3.63) is 83.9 Å². The molecule has 8 heteroatoms. The van der Waals surface area contributed by atoms with Gasteiger partial charge in [-0.15, -0.1) is 0 Å². The quantitative estimate of drug-likeness (QED) is 0.618. The van der Waals surface area contributed by atoms with Crippen LogP contribution in [0.3, 0.4) is 0 Å². The zero-order valence-electron chi connectivity index (χ0n) is 17.1. The molecule has 166 valence electrons. The molecule has 0 aromatic heterocycles. The number of sulfonamides is 1. The first kappa shape index (κ1) is 21.1. The maximum absolute atomic E-state index is 14.4. The van der Waals surface area contributed by atoms with E-state index in [0.717, 1.165) is 17.2 Å². The molecule has 2 aliphatic rings. The van der Waals surface area contributed by atoms with Crippen LogP contribution in [0, 0.1) is 17.6 Å². The number of fused-ring (bicyclic) bond motifs is 3. The zero-order chi connectivity index (χ0) is 22.5. The maximum atomic E-state index is 14.4. The lowest BCUT2D eigenvalue weighted by Crippen LogP contribution is -2.43. The average molecular weight is 457 g/mol. The minimum absolute atomic E-state index is 0.153. The minimum atomic E-state index is -4.11. The first-order valence-corrected chi connectivity index (χ1v) is 11.9. The molecule has 5 nitrogen and oxygen atoms in total. The highest BCUT2D eigenvalue weighted by Gasteiger charge is 2.49. The van der Waals surface area contributed by atoms with Crippen LogP contribution < -0.4 is 5.32 Å². The molecule has 32 heavy (non-hydrogen) atoms. The van der Waals surface area contributed by atoms with Crippen LogP contribution >= 0.6 is 0 Å².